The number of para-hydroxylation sites is 2. The molecule has 0 saturated heterocycles. The zero-order valence-corrected chi connectivity index (χ0v) is 12.0. The van der Waals surface area contributed by atoms with Crippen molar-refractivity contribution in [1.29, 1.82) is 0 Å². The fourth-order valence-electron chi connectivity index (χ4n) is 2.84. The second-order valence-corrected chi connectivity index (χ2v) is 5.23. The van der Waals surface area contributed by atoms with Crippen LogP contribution in [-0.2, 0) is 7.05 Å². The SMILES string of the molecule is Cn1cc(C(=O)c2cccc3nccnc23)c2ccccc21. The molecule has 0 aliphatic rings. The lowest BCUT2D eigenvalue weighted by Crippen LogP contribution is -2.03. The number of carbonyl (C=O) groups is 1. The second-order valence-electron chi connectivity index (χ2n) is 5.23. The molecule has 4 aromatic rings. The molecule has 0 aliphatic carbocycles. The van der Waals surface area contributed by atoms with Crippen LogP contribution in [-0.4, -0.2) is 20.3 Å². The van der Waals surface area contributed by atoms with Crippen molar-refractivity contribution in [2.75, 3.05) is 0 Å². The Morgan fingerprint density at radius 1 is 0.955 bits per heavy atom. The minimum atomic E-state index is -0.0251. The summed E-state index contributed by atoms with van der Waals surface area (Å²) in [4.78, 5) is 21.6. The van der Waals surface area contributed by atoms with Gasteiger partial charge in [-0.15, -0.1) is 0 Å². The Bertz CT molecular complexity index is 1010. The Hall–Kier alpha value is -3.01. The second kappa shape index (κ2) is 4.77. The molecule has 22 heavy (non-hydrogen) atoms. The standard InChI is InChI=1S/C18H13N3O/c1-21-11-14(12-5-2-3-8-16(12)21)18(22)13-6-4-7-15-17(13)20-10-9-19-15/h2-11H,1H3. The molecule has 2 heterocycles. The van der Waals surface area contributed by atoms with E-state index in [1.807, 2.05) is 54.2 Å². The van der Waals surface area contributed by atoms with Gasteiger partial charge in [0.1, 0.15) is 0 Å². The van der Waals surface area contributed by atoms with Crippen LogP contribution >= 0.6 is 0 Å². The Kier molecular flexibility index (Phi) is 2.76. The van der Waals surface area contributed by atoms with Crippen molar-refractivity contribution >= 4 is 27.7 Å². The summed E-state index contributed by atoms with van der Waals surface area (Å²) < 4.78 is 1.97. The maximum Gasteiger partial charge on any atom is 0.197 e. The number of nitrogens with zero attached hydrogens (tertiary/aromatic N) is 3. The molecule has 0 spiro atoms. The number of aromatic nitrogens is 3. The van der Waals surface area contributed by atoms with Crippen LogP contribution in [0.25, 0.3) is 21.9 Å². The van der Waals surface area contributed by atoms with E-state index in [1.165, 1.54) is 0 Å². The van der Waals surface area contributed by atoms with Crippen molar-refractivity contribution in [3.8, 4) is 0 Å². The lowest BCUT2D eigenvalue weighted by molar-refractivity contribution is 0.104. The van der Waals surface area contributed by atoms with Crippen molar-refractivity contribution < 1.29 is 4.79 Å². The Balaban J connectivity index is 1.97. The van der Waals surface area contributed by atoms with E-state index in [-0.39, 0.29) is 5.78 Å². The van der Waals surface area contributed by atoms with Crippen LogP contribution in [0.3, 0.4) is 0 Å². The van der Waals surface area contributed by atoms with Gasteiger partial charge in [-0.2, -0.15) is 0 Å². The molecule has 0 radical (unpaired) electrons. The minimum Gasteiger partial charge on any atom is -0.350 e. The third-order valence-corrected chi connectivity index (χ3v) is 3.88. The molecule has 0 amide bonds. The highest BCUT2D eigenvalue weighted by molar-refractivity contribution is 6.20. The molecular formula is C18H13N3O. The van der Waals surface area contributed by atoms with E-state index < -0.39 is 0 Å². The third-order valence-electron chi connectivity index (χ3n) is 3.88. The van der Waals surface area contributed by atoms with Crippen LogP contribution in [0, 0.1) is 0 Å². The molecule has 0 unspecified atom stereocenters. The topological polar surface area (TPSA) is 47.8 Å². The first-order valence-electron chi connectivity index (χ1n) is 7.04. The third kappa shape index (κ3) is 1.81. The highest BCUT2D eigenvalue weighted by Crippen LogP contribution is 2.25. The van der Waals surface area contributed by atoms with Crippen molar-refractivity contribution in [2.45, 2.75) is 0 Å². The predicted octanol–water partition coefficient (Wildman–Crippen LogP) is 3.35. The average molecular weight is 287 g/mol. The van der Waals surface area contributed by atoms with Crippen LogP contribution in [0.4, 0.5) is 0 Å². The van der Waals surface area contributed by atoms with Gasteiger partial charge < -0.3 is 4.57 Å². The largest absolute Gasteiger partial charge is 0.350 e. The molecule has 0 bridgehead atoms. The Morgan fingerprint density at radius 3 is 2.68 bits per heavy atom. The number of hydrogen-bond acceptors (Lipinski definition) is 3. The molecule has 2 aromatic carbocycles. The summed E-state index contributed by atoms with van der Waals surface area (Å²) in [7, 11) is 1.95. The quantitative estimate of drug-likeness (QED) is 0.531. The van der Waals surface area contributed by atoms with Crippen molar-refractivity contribution in [3.63, 3.8) is 0 Å². The summed E-state index contributed by atoms with van der Waals surface area (Å²) in [6.07, 6.45) is 5.12. The van der Waals surface area contributed by atoms with Gasteiger partial charge in [-0.3, -0.25) is 14.8 Å². The Labute approximate surface area is 127 Å². The van der Waals surface area contributed by atoms with E-state index in [1.54, 1.807) is 18.5 Å². The van der Waals surface area contributed by atoms with Crippen LogP contribution in [0.15, 0.2) is 61.1 Å². The smallest absolute Gasteiger partial charge is 0.197 e. The first kappa shape index (κ1) is 12.7. The number of ketones is 1. The Morgan fingerprint density at radius 2 is 1.77 bits per heavy atom. The molecule has 0 fully saturated rings. The van der Waals surface area contributed by atoms with E-state index in [0.29, 0.717) is 16.6 Å². The zero-order valence-electron chi connectivity index (χ0n) is 12.0. The van der Waals surface area contributed by atoms with E-state index in [2.05, 4.69) is 9.97 Å². The molecule has 0 atom stereocenters. The molecule has 0 aliphatic heterocycles. The highest BCUT2D eigenvalue weighted by Gasteiger charge is 2.18. The number of aryl methyl sites for hydroxylation is 1. The van der Waals surface area contributed by atoms with Gasteiger partial charge >= 0.3 is 0 Å². The summed E-state index contributed by atoms with van der Waals surface area (Å²) in [5.74, 6) is -0.0251. The summed E-state index contributed by atoms with van der Waals surface area (Å²) in [6.45, 7) is 0. The minimum absolute atomic E-state index is 0.0251. The lowest BCUT2D eigenvalue weighted by atomic mass is 10.0. The summed E-state index contributed by atoms with van der Waals surface area (Å²) >= 11 is 0. The van der Waals surface area contributed by atoms with Gasteiger partial charge in [-0.25, -0.2) is 0 Å². The van der Waals surface area contributed by atoms with Crippen molar-refractivity contribution in [3.05, 3.63) is 72.2 Å². The molecule has 4 heteroatoms. The molecular weight excluding hydrogens is 274 g/mol. The molecule has 2 aromatic heterocycles. The van der Waals surface area contributed by atoms with E-state index in [0.717, 1.165) is 16.4 Å². The van der Waals surface area contributed by atoms with Crippen LogP contribution < -0.4 is 0 Å². The number of fused-ring (bicyclic) bond motifs is 2. The molecule has 106 valence electrons. The lowest BCUT2D eigenvalue weighted by Gasteiger charge is -2.03. The molecule has 0 N–H and O–H groups in total. The zero-order chi connectivity index (χ0) is 15.1. The van der Waals surface area contributed by atoms with Gasteiger partial charge in [-0.05, 0) is 18.2 Å². The van der Waals surface area contributed by atoms with Crippen LogP contribution in [0.5, 0.6) is 0 Å². The predicted molar refractivity (Wildman–Crippen MR) is 85.9 cm³/mol. The monoisotopic (exact) mass is 287 g/mol. The first-order valence-corrected chi connectivity index (χ1v) is 7.04. The number of hydrogen-bond donors (Lipinski definition) is 0. The van der Waals surface area contributed by atoms with Crippen molar-refractivity contribution in [2.24, 2.45) is 7.05 Å². The normalized spacial score (nSPS) is 11.1. The van der Waals surface area contributed by atoms with Gasteiger partial charge in [0.25, 0.3) is 0 Å². The summed E-state index contributed by atoms with van der Waals surface area (Å²) in [5.41, 5.74) is 3.69. The van der Waals surface area contributed by atoms with Crippen molar-refractivity contribution in [1.82, 2.24) is 14.5 Å². The van der Waals surface area contributed by atoms with Gasteiger partial charge in [0.15, 0.2) is 5.78 Å². The van der Waals surface area contributed by atoms with Gasteiger partial charge in [0.2, 0.25) is 0 Å². The first-order chi connectivity index (χ1) is 10.8. The summed E-state index contributed by atoms with van der Waals surface area (Å²) in [6, 6.07) is 13.4. The highest BCUT2D eigenvalue weighted by atomic mass is 16.1. The molecule has 4 rings (SSSR count). The van der Waals surface area contributed by atoms with E-state index in [9.17, 15) is 4.79 Å². The van der Waals surface area contributed by atoms with Gasteiger partial charge in [0, 0.05) is 42.1 Å². The van der Waals surface area contributed by atoms with Gasteiger partial charge in [0.05, 0.1) is 16.6 Å². The average Bonchev–Trinajstić information content (AvgIpc) is 2.91. The fourth-order valence-corrected chi connectivity index (χ4v) is 2.84. The molecule has 4 nitrogen and oxygen atoms in total. The van der Waals surface area contributed by atoms with E-state index >= 15 is 0 Å². The number of benzene rings is 2. The maximum absolute atomic E-state index is 13.0. The summed E-state index contributed by atoms with van der Waals surface area (Å²) in [5, 5.41) is 0.955. The van der Waals surface area contributed by atoms with Gasteiger partial charge in [-0.1, -0.05) is 24.3 Å². The fraction of sp³-hybridized carbons (Fsp3) is 0.0556. The number of carbonyl (C=O) groups excluding carboxylic acids is 1. The molecule has 0 saturated carbocycles. The maximum atomic E-state index is 13.0. The van der Waals surface area contributed by atoms with E-state index in [4.69, 9.17) is 0 Å². The van der Waals surface area contributed by atoms with Crippen LogP contribution in [0.2, 0.25) is 0 Å². The van der Waals surface area contributed by atoms with Crippen LogP contribution in [0.1, 0.15) is 15.9 Å². The number of rotatable bonds is 2.